The maximum absolute atomic E-state index is 9.03. The summed E-state index contributed by atoms with van der Waals surface area (Å²) in [7, 11) is 0. The molecule has 2 aromatic rings. The van der Waals surface area contributed by atoms with Gasteiger partial charge in [0, 0.05) is 6.20 Å². The largest absolute Gasteiger partial charge is 0.438 e. The van der Waals surface area contributed by atoms with E-state index in [1.54, 1.807) is 30.3 Å². The quantitative estimate of drug-likeness (QED) is 0.892. The molecular formula is C13H12ClNO3. The Bertz CT molecular complexity index is 546. The van der Waals surface area contributed by atoms with Gasteiger partial charge in [0.15, 0.2) is 0 Å². The van der Waals surface area contributed by atoms with Crippen molar-refractivity contribution in [2.24, 2.45) is 0 Å². The van der Waals surface area contributed by atoms with Crippen molar-refractivity contribution < 1.29 is 14.9 Å². The summed E-state index contributed by atoms with van der Waals surface area (Å²) in [6.07, 6.45) is 1.50. The lowest BCUT2D eigenvalue weighted by atomic mass is 10.2. The van der Waals surface area contributed by atoms with Crippen LogP contribution in [0.25, 0.3) is 0 Å². The molecule has 0 spiro atoms. The van der Waals surface area contributed by atoms with Gasteiger partial charge in [-0.05, 0) is 29.3 Å². The second kappa shape index (κ2) is 5.82. The number of hydrogen-bond acceptors (Lipinski definition) is 4. The molecule has 0 unspecified atom stereocenters. The molecule has 0 aliphatic rings. The maximum atomic E-state index is 9.03. The minimum absolute atomic E-state index is 0.0538. The smallest absolute Gasteiger partial charge is 0.238 e. The Morgan fingerprint density at radius 1 is 1.11 bits per heavy atom. The van der Waals surface area contributed by atoms with Crippen LogP contribution in [0.15, 0.2) is 36.5 Å². The van der Waals surface area contributed by atoms with Crippen molar-refractivity contribution in [3.63, 3.8) is 0 Å². The van der Waals surface area contributed by atoms with Gasteiger partial charge >= 0.3 is 0 Å². The van der Waals surface area contributed by atoms with Crippen molar-refractivity contribution >= 4 is 11.6 Å². The Morgan fingerprint density at radius 3 is 2.56 bits per heavy atom. The van der Waals surface area contributed by atoms with Gasteiger partial charge in [0.05, 0.1) is 13.2 Å². The molecule has 2 rings (SSSR count). The van der Waals surface area contributed by atoms with Crippen LogP contribution in [0.5, 0.6) is 11.6 Å². The van der Waals surface area contributed by atoms with E-state index >= 15 is 0 Å². The van der Waals surface area contributed by atoms with Gasteiger partial charge in [0.2, 0.25) is 5.88 Å². The Balaban J connectivity index is 2.22. The van der Waals surface area contributed by atoms with Gasteiger partial charge in [-0.2, -0.15) is 0 Å². The predicted molar refractivity (Wildman–Crippen MR) is 67.6 cm³/mol. The Labute approximate surface area is 109 Å². The molecule has 0 saturated carbocycles. The molecule has 1 heterocycles. The second-order valence-electron chi connectivity index (χ2n) is 3.70. The third-order valence-corrected chi connectivity index (χ3v) is 2.61. The minimum atomic E-state index is -0.118. The molecule has 0 atom stereocenters. The normalized spacial score (nSPS) is 10.4. The molecule has 2 N–H and O–H groups in total. The molecule has 18 heavy (non-hydrogen) atoms. The summed E-state index contributed by atoms with van der Waals surface area (Å²) in [5.74, 6) is 0.816. The molecule has 1 aromatic carbocycles. The summed E-state index contributed by atoms with van der Waals surface area (Å²) in [6.45, 7) is -0.172. The van der Waals surface area contributed by atoms with Crippen LogP contribution in [0.1, 0.15) is 11.1 Å². The van der Waals surface area contributed by atoms with Gasteiger partial charge in [0.1, 0.15) is 10.8 Å². The molecule has 0 aliphatic heterocycles. The van der Waals surface area contributed by atoms with E-state index in [9.17, 15) is 0 Å². The Kier molecular flexibility index (Phi) is 4.15. The zero-order valence-corrected chi connectivity index (χ0v) is 10.3. The number of benzene rings is 1. The van der Waals surface area contributed by atoms with Crippen molar-refractivity contribution in [2.45, 2.75) is 13.2 Å². The predicted octanol–water partition coefficient (Wildman–Crippen LogP) is 2.51. The van der Waals surface area contributed by atoms with E-state index in [-0.39, 0.29) is 19.1 Å². The highest BCUT2D eigenvalue weighted by atomic mass is 35.5. The van der Waals surface area contributed by atoms with E-state index in [4.69, 9.17) is 26.6 Å². The molecule has 94 valence electrons. The van der Waals surface area contributed by atoms with Gasteiger partial charge in [0.25, 0.3) is 0 Å². The lowest BCUT2D eigenvalue weighted by molar-refractivity contribution is 0.280. The highest BCUT2D eigenvalue weighted by Crippen LogP contribution is 2.28. The number of ether oxygens (including phenoxy) is 1. The molecule has 0 fully saturated rings. The summed E-state index contributed by atoms with van der Waals surface area (Å²) < 4.78 is 5.52. The van der Waals surface area contributed by atoms with Crippen LogP contribution in [-0.4, -0.2) is 15.2 Å². The zero-order chi connectivity index (χ0) is 13.0. The van der Waals surface area contributed by atoms with Crippen LogP contribution in [0.3, 0.4) is 0 Å². The molecule has 0 saturated heterocycles. The Morgan fingerprint density at radius 2 is 1.89 bits per heavy atom. The standard InChI is InChI=1S/C13H12ClNO3/c14-12-5-10(8-17)6-15-13(12)18-11-3-1-2-9(4-11)7-16/h1-6,16-17H,7-8H2. The molecule has 1 aromatic heterocycles. The second-order valence-corrected chi connectivity index (χ2v) is 4.10. The molecular weight excluding hydrogens is 254 g/mol. The summed E-state index contributed by atoms with van der Waals surface area (Å²) in [5.41, 5.74) is 1.37. The number of pyridine rings is 1. The van der Waals surface area contributed by atoms with Crippen LogP contribution in [0, 0.1) is 0 Å². The number of aromatic nitrogens is 1. The first-order chi connectivity index (χ1) is 8.72. The number of halogens is 1. The average molecular weight is 266 g/mol. The first-order valence-corrected chi connectivity index (χ1v) is 5.73. The highest BCUT2D eigenvalue weighted by molar-refractivity contribution is 6.31. The summed E-state index contributed by atoms with van der Waals surface area (Å²) in [4.78, 5) is 4.02. The van der Waals surface area contributed by atoms with E-state index in [0.29, 0.717) is 16.3 Å². The van der Waals surface area contributed by atoms with Crippen molar-refractivity contribution in [3.8, 4) is 11.6 Å². The Hall–Kier alpha value is -1.62. The van der Waals surface area contributed by atoms with E-state index in [1.165, 1.54) is 6.20 Å². The van der Waals surface area contributed by atoms with Crippen molar-refractivity contribution in [2.75, 3.05) is 0 Å². The summed E-state index contributed by atoms with van der Waals surface area (Å²) in [5, 5.41) is 18.3. The van der Waals surface area contributed by atoms with Gasteiger partial charge in [-0.25, -0.2) is 4.98 Å². The number of rotatable bonds is 4. The summed E-state index contributed by atoms with van der Waals surface area (Å²) in [6, 6.07) is 8.61. The number of hydrogen-bond donors (Lipinski definition) is 2. The van der Waals surface area contributed by atoms with Crippen LogP contribution in [0.4, 0.5) is 0 Å². The van der Waals surface area contributed by atoms with E-state index in [2.05, 4.69) is 4.98 Å². The topological polar surface area (TPSA) is 62.6 Å². The van der Waals surface area contributed by atoms with Gasteiger partial charge in [-0.15, -0.1) is 0 Å². The molecule has 4 nitrogen and oxygen atoms in total. The molecule has 0 radical (unpaired) electrons. The van der Waals surface area contributed by atoms with Crippen molar-refractivity contribution in [1.29, 1.82) is 0 Å². The monoisotopic (exact) mass is 265 g/mol. The molecule has 0 amide bonds. The third kappa shape index (κ3) is 2.98. The van der Waals surface area contributed by atoms with Crippen LogP contribution < -0.4 is 4.74 Å². The first kappa shape index (κ1) is 12.8. The number of aliphatic hydroxyl groups is 2. The van der Waals surface area contributed by atoms with E-state index < -0.39 is 0 Å². The lowest BCUT2D eigenvalue weighted by Crippen LogP contribution is -1.93. The van der Waals surface area contributed by atoms with Gasteiger partial charge in [-0.1, -0.05) is 23.7 Å². The maximum Gasteiger partial charge on any atom is 0.238 e. The van der Waals surface area contributed by atoms with Crippen LogP contribution in [0.2, 0.25) is 5.02 Å². The fraction of sp³-hybridized carbons (Fsp3) is 0.154. The number of aliphatic hydroxyl groups excluding tert-OH is 2. The zero-order valence-electron chi connectivity index (χ0n) is 9.51. The molecule has 0 bridgehead atoms. The van der Waals surface area contributed by atoms with Crippen molar-refractivity contribution in [1.82, 2.24) is 4.98 Å². The lowest BCUT2D eigenvalue weighted by Gasteiger charge is -2.08. The van der Waals surface area contributed by atoms with Crippen LogP contribution >= 0.6 is 11.6 Å². The first-order valence-electron chi connectivity index (χ1n) is 5.36. The highest BCUT2D eigenvalue weighted by Gasteiger charge is 2.06. The molecule has 5 heteroatoms. The fourth-order valence-electron chi connectivity index (χ4n) is 1.45. The SMILES string of the molecule is OCc1cccc(Oc2ncc(CO)cc2Cl)c1. The van der Waals surface area contributed by atoms with E-state index in [0.717, 1.165) is 5.56 Å². The fourth-order valence-corrected chi connectivity index (χ4v) is 1.67. The van der Waals surface area contributed by atoms with Crippen molar-refractivity contribution in [3.05, 3.63) is 52.7 Å². The van der Waals surface area contributed by atoms with Gasteiger partial charge in [-0.3, -0.25) is 0 Å². The van der Waals surface area contributed by atoms with E-state index in [1.807, 2.05) is 0 Å². The van der Waals surface area contributed by atoms with Gasteiger partial charge < -0.3 is 14.9 Å². The minimum Gasteiger partial charge on any atom is -0.438 e. The molecule has 0 aliphatic carbocycles. The summed E-state index contributed by atoms with van der Waals surface area (Å²) >= 11 is 5.98. The van der Waals surface area contributed by atoms with Crippen LogP contribution in [-0.2, 0) is 13.2 Å². The average Bonchev–Trinajstić information content (AvgIpc) is 2.41. The third-order valence-electron chi connectivity index (χ3n) is 2.34. The number of nitrogens with zero attached hydrogens (tertiary/aromatic N) is 1.